The first kappa shape index (κ1) is 14.4. The average molecular weight is 313 g/mol. The maximum absolute atomic E-state index is 12.2. The van der Waals surface area contributed by atoms with Gasteiger partial charge in [0.1, 0.15) is 5.01 Å². The number of thiol groups is 1. The molecule has 0 saturated heterocycles. The fourth-order valence-electron chi connectivity index (χ4n) is 1.59. The number of carbonyl (C=O) groups excluding carboxylic acids is 1. The summed E-state index contributed by atoms with van der Waals surface area (Å²) in [4.78, 5) is 17.2. The highest BCUT2D eigenvalue weighted by atomic mass is 35.5. The molecule has 19 heavy (non-hydrogen) atoms. The highest BCUT2D eigenvalue weighted by molar-refractivity contribution is 7.80. The molecule has 1 amide bonds. The number of hydrogen-bond acceptors (Lipinski definition) is 4. The zero-order chi connectivity index (χ0) is 14.0. The zero-order valence-electron chi connectivity index (χ0n) is 10.5. The van der Waals surface area contributed by atoms with E-state index in [9.17, 15) is 4.79 Å². The quantitative estimate of drug-likeness (QED) is 0.844. The average Bonchev–Trinajstić information content (AvgIpc) is 2.79. The lowest BCUT2D eigenvalue weighted by Crippen LogP contribution is -2.26. The largest absolute Gasteiger partial charge is 0.343 e. The Kier molecular flexibility index (Phi) is 4.50. The van der Waals surface area contributed by atoms with Crippen molar-refractivity contribution >= 4 is 41.5 Å². The highest BCUT2D eigenvalue weighted by Gasteiger charge is 2.16. The molecule has 2 rings (SSSR count). The van der Waals surface area contributed by atoms with E-state index in [1.54, 1.807) is 18.2 Å². The molecule has 0 aliphatic carbocycles. The summed E-state index contributed by atoms with van der Waals surface area (Å²) in [6.45, 7) is 3.82. The summed E-state index contributed by atoms with van der Waals surface area (Å²) in [6, 6.07) is 4.92. The van der Waals surface area contributed by atoms with Gasteiger partial charge in [-0.15, -0.1) is 24.0 Å². The maximum Gasteiger partial charge on any atom is 0.253 e. The lowest BCUT2D eigenvalue weighted by molar-refractivity contribution is 0.0939. The van der Waals surface area contributed by atoms with Crippen molar-refractivity contribution in [3.05, 3.63) is 44.9 Å². The summed E-state index contributed by atoms with van der Waals surface area (Å²) in [5.74, 6) is -0.221. The van der Waals surface area contributed by atoms with Crippen molar-refractivity contribution in [2.24, 2.45) is 0 Å². The van der Waals surface area contributed by atoms with Gasteiger partial charge in [0.25, 0.3) is 5.91 Å². The molecule has 0 bridgehead atoms. The van der Waals surface area contributed by atoms with Gasteiger partial charge in [-0.25, -0.2) is 4.98 Å². The third kappa shape index (κ3) is 3.49. The van der Waals surface area contributed by atoms with Crippen molar-refractivity contribution in [2.75, 3.05) is 0 Å². The van der Waals surface area contributed by atoms with Crippen LogP contribution in [0.5, 0.6) is 0 Å². The molecule has 0 fully saturated rings. The molecule has 1 N–H and O–H groups in total. The smallest absolute Gasteiger partial charge is 0.253 e. The molecule has 0 aliphatic heterocycles. The van der Waals surface area contributed by atoms with Gasteiger partial charge in [0.15, 0.2) is 0 Å². The number of halogens is 1. The summed E-state index contributed by atoms with van der Waals surface area (Å²) in [5.41, 5.74) is 1.38. The van der Waals surface area contributed by atoms with Crippen LogP contribution >= 0.6 is 35.6 Å². The number of rotatable bonds is 3. The summed E-state index contributed by atoms with van der Waals surface area (Å²) >= 11 is 11.8. The number of thiazole rings is 1. The van der Waals surface area contributed by atoms with Crippen molar-refractivity contribution in [3.63, 3.8) is 0 Å². The fourth-order valence-corrected chi connectivity index (χ4v) is 2.81. The second kappa shape index (κ2) is 5.94. The third-order valence-electron chi connectivity index (χ3n) is 2.55. The number of amides is 1. The molecule has 0 aliphatic rings. The summed E-state index contributed by atoms with van der Waals surface area (Å²) in [7, 11) is 0. The van der Waals surface area contributed by atoms with Crippen LogP contribution in [0.1, 0.15) is 34.0 Å². The summed E-state index contributed by atoms with van der Waals surface area (Å²) in [6.07, 6.45) is 0. The monoisotopic (exact) mass is 312 g/mol. The number of benzene rings is 1. The van der Waals surface area contributed by atoms with Crippen LogP contribution in [-0.2, 0) is 0 Å². The van der Waals surface area contributed by atoms with Gasteiger partial charge >= 0.3 is 0 Å². The van der Waals surface area contributed by atoms with Gasteiger partial charge in [-0.05, 0) is 32.0 Å². The van der Waals surface area contributed by atoms with E-state index < -0.39 is 0 Å². The van der Waals surface area contributed by atoms with Crippen molar-refractivity contribution in [2.45, 2.75) is 24.8 Å². The Bertz CT molecular complexity index is 612. The van der Waals surface area contributed by atoms with E-state index in [0.717, 1.165) is 10.7 Å². The van der Waals surface area contributed by atoms with Crippen LogP contribution in [0.4, 0.5) is 0 Å². The van der Waals surface area contributed by atoms with Crippen molar-refractivity contribution in [1.82, 2.24) is 10.3 Å². The number of aryl methyl sites for hydroxylation is 1. The second-order valence-corrected chi connectivity index (χ2v) is 6.00. The van der Waals surface area contributed by atoms with E-state index in [1.165, 1.54) is 11.3 Å². The highest BCUT2D eigenvalue weighted by Crippen LogP contribution is 2.22. The van der Waals surface area contributed by atoms with Crippen LogP contribution in [0, 0.1) is 6.92 Å². The van der Waals surface area contributed by atoms with Gasteiger partial charge in [0.05, 0.1) is 16.6 Å². The molecule has 1 atom stereocenters. The summed E-state index contributed by atoms with van der Waals surface area (Å²) < 4.78 is 0. The van der Waals surface area contributed by atoms with Crippen molar-refractivity contribution in [3.8, 4) is 0 Å². The minimum absolute atomic E-state index is 0.147. The van der Waals surface area contributed by atoms with E-state index in [4.69, 9.17) is 11.6 Å². The Morgan fingerprint density at radius 2 is 2.26 bits per heavy atom. The molecule has 1 unspecified atom stereocenters. The van der Waals surface area contributed by atoms with Crippen LogP contribution in [0.2, 0.25) is 5.02 Å². The predicted molar refractivity (Wildman–Crippen MR) is 81.4 cm³/mol. The lowest BCUT2D eigenvalue weighted by Gasteiger charge is -2.12. The third-order valence-corrected chi connectivity index (χ3v) is 4.30. The molecule has 6 heteroatoms. The zero-order valence-corrected chi connectivity index (χ0v) is 12.9. The van der Waals surface area contributed by atoms with Crippen LogP contribution < -0.4 is 5.32 Å². The number of nitrogens with one attached hydrogen (secondary N) is 1. The van der Waals surface area contributed by atoms with E-state index in [0.29, 0.717) is 15.5 Å². The Labute approximate surface area is 126 Å². The van der Waals surface area contributed by atoms with E-state index in [2.05, 4.69) is 22.9 Å². The molecule has 3 nitrogen and oxygen atoms in total. The van der Waals surface area contributed by atoms with Gasteiger partial charge in [-0.3, -0.25) is 4.79 Å². The number of hydrogen-bond donors (Lipinski definition) is 2. The van der Waals surface area contributed by atoms with E-state index >= 15 is 0 Å². The molecule has 1 aromatic carbocycles. The molecule has 0 saturated carbocycles. The minimum Gasteiger partial charge on any atom is -0.343 e. The van der Waals surface area contributed by atoms with Gasteiger partial charge < -0.3 is 5.32 Å². The Morgan fingerprint density at radius 3 is 2.89 bits per heavy atom. The molecule has 100 valence electrons. The predicted octanol–water partition coefficient (Wildman–Crippen LogP) is 3.88. The number of nitrogens with zero attached hydrogens (tertiary/aromatic N) is 1. The molecular formula is C13H13ClN2OS2. The van der Waals surface area contributed by atoms with Crippen LogP contribution in [0.15, 0.2) is 28.5 Å². The van der Waals surface area contributed by atoms with Crippen LogP contribution in [-0.4, -0.2) is 10.9 Å². The fraction of sp³-hybridized carbons (Fsp3) is 0.231. The first-order chi connectivity index (χ1) is 8.97. The van der Waals surface area contributed by atoms with E-state index in [-0.39, 0.29) is 11.9 Å². The van der Waals surface area contributed by atoms with Crippen molar-refractivity contribution < 1.29 is 4.79 Å². The van der Waals surface area contributed by atoms with Crippen LogP contribution in [0.25, 0.3) is 0 Å². The molecule has 0 spiro atoms. The Hall–Kier alpha value is -1.04. The lowest BCUT2D eigenvalue weighted by atomic mass is 10.2. The maximum atomic E-state index is 12.2. The normalized spacial score (nSPS) is 12.2. The molecule has 1 heterocycles. The van der Waals surface area contributed by atoms with Gasteiger partial charge in [-0.1, -0.05) is 11.6 Å². The van der Waals surface area contributed by atoms with Gasteiger partial charge in [-0.2, -0.15) is 0 Å². The van der Waals surface area contributed by atoms with E-state index in [1.807, 2.05) is 19.2 Å². The molecule has 0 radical (unpaired) electrons. The minimum atomic E-state index is -0.221. The van der Waals surface area contributed by atoms with Crippen molar-refractivity contribution in [1.29, 1.82) is 0 Å². The van der Waals surface area contributed by atoms with Gasteiger partial charge in [0, 0.05) is 16.0 Å². The number of aromatic nitrogens is 1. The first-order valence-corrected chi connectivity index (χ1v) is 7.39. The van der Waals surface area contributed by atoms with Crippen LogP contribution in [0.3, 0.4) is 0 Å². The summed E-state index contributed by atoms with van der Waals surface area (Å²) in [5, 5.41) is 6.14. The van der Waals surface area contributed by atoms with Gasteiger partial charge in [0.2, 0.25) is 0 Å². The molecule has 1 aromatic heterocycles. The number of carbonyl (C=O) groups is 1. The Balaban J connectivity index is 2.15. The Morgan fingerprint density at radius 1 is 1.53 bits per heavy atom. The molecule has 2 aromatic rings. The standard InChI is InChI=1S/C13H13ClN2OS2/c1-7-6-19-13(15-7)8(2)16-12(17)10-5-9(18)3-4-11(10)14/h3-6,8,18H,1-2H3,(H,16,17). The molecular weight excluding hydrogens is 300 g/mol. The first-order valence-electron chi connectivity index (χ1n) is 5.69. The topological polar surface area (TPSA) is 42.0 Å². The second-order valence-electron chi connectivity index (χ2n) is 4.19. The SMILES string of the molecule is Cc1csc(C(C)NC(=O)c2cc(S)ccc2Cl)n1.